The van der Waals surface area contributed by atoms with Gasteiger partial charge in [0.2, 0.25) is 5.89 Å². The van der Waals surface area contributed by atoms with Crippen LogP contribution in [0.5, 0.6) is 0 Å². The summed E-state index contributed by atoms with van der Waals surface area (Å²) in [4.78, 5) is 11.4. The topological polar surface area (TPSA) is 48.0 Å². The Balaban J connectivity index is 2.36. The van der Waals surface area contributed by atoms with Gasteiger partial charge in [0, 0.05) is 33.2 Å². The van der Waals surface area contributed by atoms with Crippen LogP contribution in [0.15, 0.2) is 33.5 Å². The van der Waals surface area contributed by atoms with Crippen molar-refractivity contribution >= 4 is 34.2 Å². The number of hydrogen-bond donors (Lipinski definition) is 0. The lowest BCUT2D eigenvalue weighted by Crippen LogP contribution is -2.14. The van der Waals surface area contributed by atoms with E-state index in [0.29, 0.717) is 10.6 Å². The van der Waals surface area contributed by atoms with Crippen LogP contribution in [0.1, 0.15) is 0 Å². The van der Waals surface area contributed by atoms with Crippen LogP contribution in [0.25, 0.3) is 11.5 Å². The van der Waals surface area contributed by atoms with Crippen molar-refractivity contribution < 1.29 is 4.42 Å². The van der Waals surface area contributed by atoms with Gasteiger partial charge in [-0.25, -0.2) is 4.79 Å². The summed E-state index contributed by atoms with van der Waals surface area (Å²) >= 11 is 7.67. The van der Waals surface area contributed by atoms with E-state index in [9.17, 15) is 4.79 Å². The maximum atomic E-state index is 11.4. The van der Waals surface area contributed by atoms with Crippen molar-refractivity contribution in [3.05, 3.63) is 39.8 Å². The van der Waals surface area contributed by atoms with E-state index in [-0.39, 0.29) is 12.4 Å². The first-order chi connectivity index (χ1) is 8.20. The van der Waals surface area contributed by atoms with Gasteiger partial charge in [0.1, 0.15) is 6.54 Å². The molecule has 86 valence electrons. The number of nitrogens with zero attached hydrogens (tertiary/aromatic N) is 2. The zero-order valence-electron chi connectivity index (χ0n) is 8.48. The third-order valence-corrected chi connectivity index (χ3v) is 2.63. The fourth-order valence-electron chi connectivity index (χ4n) is 1.22. The van der Waals surface area contributed by atoms with E-state index in [1.807, 2.05) is 22.6 Å². The second kappa shape index (κ2) is 5.38. The maximum absolute atomic E-state index is 11.4. The fourth-order valence-corrected chi connectivity index (χ4v) is 1.52. The zero-order valence-corrected chi connectivity index (χ0v) is 11.4. The molecule has 0 spiro atoms. The van der Waals surface area contributed by atoms with Crippen molar-refractivity contribution in [1.82, 2.24) is 9.78 Å². The number of aromatic nitrogens is 2. The molecule has 1 aromatic heterocycles. The third-order valence-electron chi connectivity index (χ3n) is 1.99. The van der Waals surface area contributed by atoms with Crippen LogP contribution in [0.3, 0.4) is 0 Å². The third kappa shape index (κ3) is 2.90. The zero-order chi connectivity index (χ0) is 12.3. The van der Waals surface area contributed by atoms with Gasteiger partial charge in [-0.2, -0.15) is 4.68 Å². The van der Waals surface area contributed by atoms with Gasteiger partial charge in [0.05, 0.1) is 0 Å². The monoisotopic (exact) mass is 360 g/mol. The molecule has 0 saturated carbocycles. The normalized spacial score (nSPS) is 9.76. The van der Waals surface area contributed by atoms with Crippen molar-refractivity contribution in [1.29, 1.82) is 0 Å². The molecule has 4 nitrogen and oxygen atoms in total. The Kier molecular flexibility index (Phi) is 3.86. The second-order valence-corrected chi connectivity index (χ2v) is 4.08. The van der Waals surface area contributed by atoms with Crippen LogP contribution in [0.2, 0.25) is 5.02 Å². The largest absolute Gasteiger partial charge is 0.438 e. The molecule has 0 atom stereocenters. The van der Waals surface area contributed by atoms with Gasteiger partial charge in [-0.1, -0.05) is 17.5 Å². The van der Waals surface area contributed by atoms with E-state index in [1.54, 1.807) is 24.3 Å². The summed E-state index contributed by atoms with van der Waals surface area (Å²) in [5.74, 6) is 2.48. The molecule has 2 rings (SSSR count). The summed E-state index contributed by atoms with van der Waals surface area (Å²) < 4.78 is 8.86. The molecule has 2 aromatic rings. The Morgan fingerprint density at radius 2 is 2.12 bits per heavy atom. The van der Waals surface area contributed by atoms with Crippen LogP contribution in [-0.2, 0) is 6.54 Å². The van der Waals surface area contributed by atoms with E-state index in [1.165, 1.54) is 4.68 Å². The van der Waals surface area contributed by atoms with Crippen LogP contribution in [-0.4, -0.2) is 9.78 Å². The molecule has 1 heterocycles. The molecule has 0 aliphatic rings. The van der Waals surface area contributed by atoms with Gasteiger partial charge in [0.25, 0.3) is 0 Å². The fraction of sp³-hybridized carbons (Fsp3) is 0.0909. The van der Waals surface area contributed by atoms with Crippen LogP contribution in [0, 0.1) is 9.85 Å². The first-order valence-corrected chi connectivity index (χ1v) is 6.09. The highest BCUT2D eigenvalue weighted by molar-refractivity contribution is 14.1. The highest BCUT2D eigenvalue weighted by Gasteiger charge is 2.08. The lowest BCUT2D eigenvalue weighted by Gasteiger charge is -1.93. The summed E-state index contributed by atoms with van der Waals surface area (Å²) in [6.07, 6.45) is 0. The second-order valence-electron chi connectivity index (χ2n) is 3.11. The van der Waals surface area contributed by atoms with Crippen LogP contribution >= 0.6 is 34.2 Å². The van der Waals surface area contributed by atoms with Crippen LogP contribution in [0.4, 0.5) is 0 Å². The van der Waals surface area contributed by atoms with E-state index >= 15 is 0 Å². The molecule has 0 radical (unpaired) electrons. The summed E-state index contributed by atoms with van der Waals surface area (Å²) in [5, 5.41) is 4.65. The van der Waals surface area contributed by atoms with Gasteiger partial charge in [-0.05, 0) is 28.2 Å². The molecule has 0 N–H and O–H groups in total. The minimum absolute atomic E-state index is 0.221. The molecule has 0 amide bonds. The van der Waals surface area contributed by atoms with E-state index in [0.717, 1.165) is 0 Å². The molecule has 6 heteroatoms. The summed E-state index contributed by atoms with van der Waals surface area (Å²) in [5.41, 5.74) is 0.702. The lowest BCUT2D eigenvalue weighted by atomic mass is 10.2. The minimum Gasteiger partial charge on any atom is -0.388 e. The molecule has 1 aromatic carbocycles. The molecule has 0 fully saturated rings. The van der Waals surface area contributed by atoms with Gasteiger partial charge in [0.15, 0.2) is 0 Å². The van der Waals surface area contributed by atoms with Gasteiger partial charge < -0.3 is 4.42 Å². The number of halogens is 2. The maximum Gasteiger partial charge on any atom is 0.438 e. The molecule has 17 heavy (non-hydrogen) atoms. The van der Waals surface area contributed by atoms with Gasteiger partial charge in [-0.3, -0.25) is 0 Å². The Morgan fingerprint density at radius 1 is 1.41 bits per heavy atom. The SMILES string of the molecule is O=c1oc(-c2ccc(Cl)cc2)nn1CC#CI. The number of hydrogen-bond acceptors (Lipinski definition) is 3. The molecule has 0 unspecified atom stereocenters. The Bertz CT molecular complexity index is 634. The molecule has 0 bridgehead atoms. The van der Waals surface area contributed by atoms with E-state index in [4.69, 9.17) is 16.0 Å². The molecular formula is C11H6ClIN2O2. The summed E-state index contributed by atoms with van der Waals surface area (Å²) in [6.45, 7) is 0.221. The lowest BCUT2D eigenvalue weighted by molar-refractivity contribution is 0.499. The van der Waals surface area contributed by atoms with Gasteiger partial charge in [-0.15, -0.1) is 5.10 Å². The number of benzene rings is 1. The highest BCUT2D eigenvalue weighted by atomic mass is 127. The Morgan fingerprint density at radius 3 is 2.76 bits per heavy atom. The van der Waals surface area contributed by atoms with Crippen molar-refractivity contribution in [2.75, 3.05) is 0 Å². The average molecular weight is 361 g/mol. The molecule has 0 saturated heterocycles. The highest BCUT2D eigenvalue weighted by Crippen LogP contribution is 2.18. The van der Waals surface area contributed by atoms with Crippen molar-refractivity contribution in [2.24, 2.45) is 0 Å². The van der Waals surface area contributed by atoms with Crippen LogP contribution < -0.4 is 5.76 Å². The molecule has 0 aliphatic carbocycles. The predicted molar refractivity (Wildman–Crippen MR) is 73.0 cm³/mol. The average Bonchev–Trinajstić information content (AvgIpc) is 2.69. The standard InChI is InChI=1S/C11H6ClIN2O2/c12-9-4-2-8(3-5-9)10-14-15(7-1-6-13)11(16)17-10/h2-5H,7H2. The molecular weight excluding hydrogens is 354 g/mol. The molecule has 0 aliphatic heterocycles. The van der Waals surface area contributed by atoms with Crippen molar-refractivity contribution in [3.8, 4) is 21.3 Å². The minimum atomic E-state index is -0.519. The first-order valence-electron chi connectivity index (χ1n) is 4.63. The predicted octanol–water partition coefficient (Wildman–Crippen LogP) is 2.55. The Hall–Kier alpha value is -1.26. The number of rotatable bonds is 2. The van der Waals surface area contributed by atoms with Crippen molar-refractivity contribution in [3.63, 3.8) is 0 Å². The Labute approximate surface area is 116 Å². The first kappa shape index (κ1) is 12.2. The summed E-state index contributed by atoms with van der Waals surface area (Å²) in [7, 11) is 0. The van der Waals surface area contributed by atoms with Crippen molar-refractivity contribution in [2.45, 2.75) is 6.54 Å². The quantitative estimate of drug-likeness (QED) is 0.611. The summed E-state index contributed by atoms with van der Waals surface area (Å²) in [6, 6.07) is 6.89. The van der Waals surface area contributed by atoms with E-state index < -0.39 is 5.76 Å². The smallest absolute Gasteiger partial charge is 0.388 e. The van der Waals surface area contributed by atoms with E-state index in [2.05, 4.69) is 14.9 Å². The van der Waals surface area contributed by atoms with Gasteiger partial charge >= 0.3 is 5.76 Å².